The second-order valence-corrected chi connectivity index (χ2v) is 5.91. The van der Waals surface area contributed by atoms with Gasteiger partial charge in [-0.25, -0.2) is 4.98 Å². The molecule has 96 valence electrons. The van der Waals surface area contributed by atoms with E-state index in [0.717, 1.165) is 3.79 Å². The summed E-state index contributed by atoms with van der Waals surface area (Å²) < 4.78 is 7.73. The van der Waals surface area contributed by atoms with Crippen LogP contribution in [0.15, 0.2) is 28.3 Å². The topological polar surface area (TPSA) is 56.1 Å². The zero-order valence-corrected chi connectivity index (χ0v) is 12.1. The van der Waals surface area contributed by atoms with Crippen molar-refractivity contribution >= 4 is 38.3 Å². The summed E-state index contributed by atoms with van der Waals surface area (Å²) in [5.41, 5.74) is 0.596. The third-order valence-electron chi connectivity index (χ3n) is 2.30. The minimum Gasteiger partial charge on any atom is -0.383 e. The van der Waals surface area contributed by atoms with Gasteiger partial charge in [-0.3, -0.25) is 10.1 Å². The molecule has 0 spiro atoms. The maximum atomic E-state index is 12.0. The normalized spacial score (nSPS) is 10.6. The van der Waals surface area contributed by atoms with E-state index < -0.39 is 0 Å². The molecule has 0 unspecified atom stereocenters. The van der Waals surface area contributed by atoms with Crippen LogP contribution in [0.5, 0.6) is 0 Å². The Bertz CT molecular complexity index is 538. The lowest BCUT2D eigenvalue weighted by Gasteiger charge is -2.07. The summed E-state index contributed by atoms with van der Waals surface area (Å²) in [6, 6.07) is 3.61. The summed E-state index contributed by atoms with van der Waals surface area (Å²) in [7, 11) is 1.64. The molecule has 1 amide bonds. The average Bonchev–Trinajstić information content (AvgIpc) is 2.95. The second-order valence-electron chi connectivity index (χ2n) is 3.50. The second kappa shape index (κ2) is 6.12. The molecular formula is C11H12BrN3O2S. The van der Waals surface area contributed by atoms with Crippen molar-refractivity contribution < 1.29 is 9.53 Å². The number of ether oxygens (including phenoxy) is 1. The van der Waals surface area contributed by atoms with Gasteiger partial charge in [0, 0.05) is 19.9 Å². The van der Waals surface area contributed by atoms with E-state index in [4.69, 9.17) is 4.74 Å². The fourth-order valence-corrected chi connectivity index (χ4v) is 2.58. The van der Waals surface area contributed by atoms with Crippen LogP contribution in [0.3, 0.4) is 0 Å². The first-order valence-electron chi connectivity index (χ1n) is 5.27. The standard InChI is InChI=1S/C11H12BrN3O2S/c1-17-6-5-15-4-2-3-8(15)10(16)14-11-13-7-9(12)18-11/h2-4,7H,5-6H2,1H3,(H,13,14,16). The zero-order chi connectivity index (χ0) is 13.0. The van der Waals surface area contributed by atoms with Crippen LogP contribution in [-0.2, 0) is 11.3 Å². The van der Waals surface area contributed by atoms with Gasteiger partial charge in [0.05, 0.1) is 16.6 Å². The molecule has 0 aliphatic carbocycles. The van der Waals surface area contributed by atoms with Gasteiger partial charge in [-0.1, -0.05) is 11.3 Å². The lowest BCUT2D eigenvalue weighted by molar-refractivity contribution is 0.101. The van der Waals surface area contributed by atoms with E-state index in [9.17, 15) is 4.79 Å². The molecule has 2 aromatic rings. The van der Waals surface area contributed by atoms with Crippen molar-refractivity contribution in [2.75, 3.05) is 19.0 Å². The third kappa shape index (κ3) is 3.18. The number of hydrogen-bond acceptors (Lipinski definition) is 4. The largest absolute Gasteiger partial charge is 0.383 e. The number of halogens is 1. The van der Waals surface area contributed by atoms with Crippen molar-refractivity contribution in [3.8, 4) is 0 Å². The molecule has 0 aromatic carbocycles. The van der Waals surface area contributed by atoms with Gasteiger partial charge >= 0.3 is 0 Å². The molecular weight excluding hydrogens is 318 g/mol. The summed E-state index contributed by atoms with van der Waals surface area (Å²) in [6.45, 7) is 1.21. The highest BCUT2D eigenvalue weighted by molar-refractivity contribution is 9.11. The first-order valence-corrected chi connectivity index (χ1v) is 6.88. The van der Waals surface area contributed by atoms with Gasteiger partial charge in [-0.15, -0.1) is 0 Å². The lowest BCUT2D eigenvalue weighted by Crippen LogP contribution is -2.17. The zero-order valence-electron chi connectivity index (χ0n) is 9.72. The number of hydrogen-bond donors (Lipinski definition) is 1. The van der Waals surface area contributed by atoms with Crippen LogP contribution in [0.25, 0.3) is 0 Å². The van der Waals surface area contributed by atoms with Crippen molar-refractivity contribution in [3.05, 3.63) is 34.0 Å². The van der Waals surface area contributed by atoms with Crippen LogP contribution < -0.4 is 5.32 Å². The number of nitrogens with one attached hydrogen (secondary N) is 1. The summed E-state index contributed by atoms with van der Waals surface area (Å²) in [4.78, 5) is 16.1. The molecule has 2 heterocycles. The Labute approximate surface area is 117 Å². The molecule has 0 radical (unpaired) electrons. The van der Waals surface area contributed by atoms with E-state index in [2.05, 4.69) is 26.2 Å². The summed E-state index contributed by atoms with van der Waals surface area (Å²) in [5, 5.41) is 3.33. The monoisotopic (exact) mass is 329 g/mol. The average molecular weight is 330 g/mol. The molecule has 0 aliphatic rings. The van der Waals surface area contributed by atoms with Crippen LogP contribution >= 0.6 is 27.3 Å². The molecule has 7 heteroatoms. The quantitative estimate of drug-likeness (QED) is 0.917. The molecule has 2 rings (SSSR count). The maximum absolute atomic E-state index is 12.0. The van der Waals surface area contributed by atoms with Gasteiger partial charge in [-0.2, -0.15) is 0 Å². The molecule has 0 aliphatic heterocycles. The summed E-state index contributed by atoms with van der Waals surface area (Å²) in [5.74, 6) is -0.169. The maximum Gasteiger partial charge on any atom is 0.274 e. The van der Waals surface area contributed by atoms with Crippen LogP contribution in [0, 0.1) is 0 Å². The van der Waals surface area contributed by atoms with Gasteiger partial charge in [-0.05, 0) is 28.1 Å². The Hall–Kier alpha value is -1.18. The fourth-order valence-electron chi connectivity index (χ4n) is 1.48. The highest BCUT2D eigenvalue weighted by atomic mass is 79.9. The first-order chi connectivity index (χ1) is 8.70. The SMILES string of the molecule is COCCn1cccc1C(=O)Nc1ncc(Br)s1. The highest BCUT2D eigenvalue weighted by Crippen LogP contribution is 2.23. The van der Waals surface area contributed by atoms with Crippen molar-refractivity contribution in [1.82, 2.24) is 9.55 Å². The van der Waals surface area contributed by atoms with E-state index in [1.165, 1.54) is 11.3 Å². The van der Waals surface area contributed by atoms with Gasteiger partial charge in [0.2, 0.25) is 0 Å². The van der Waals surface area contributed by atoms with Crippen molar-refractivity contribution in [1.29, 1.82) is 0 Å². The third-order valence-corrected chi connectivity index (χ3v) is 3.69. The highest BCUT2D eigenvalue weighted by Gasteiger charge is 2.12. The number of anilines is 1. The van der Waals surface area contributed by atoms with E-state index in [1.807, 2.05) is 16.8 Å². The lowest BCUT2D eigenvalue weighted by atomic mass is 10.4. The van der Waals surface area contributed by atoms with Crippen molar-refractivity contribution in [3.63, 3.8) is 0 Å². The number of carbonyl (C=O) groups is 1. The minimum absolute atomic E-state index is 0.169. The molecule has 5 nitrogen and oxygen atoms in total. The van der Waals surface area contributed by atoms with Gasteiger partial charge in [0.25, 0.3) is 5.91 Å². The smallest absolute Gasteiger partial charge is 0.274 e. The van der Waals surface area contributed by atoms with Crippen molar-refractivity contribution in [2.45, 2.75) is 6.54 Å². The van der Waals surface area contributed by atoms with E-state index in [0.29, 0.717) is 24.0 Å². The van der Waals surface area contributed by atoms with Crippen LogP contribution in [-0.4, -0.2) is 29.2 Å². The number of nitrogens with zero attached hydrogens (tertiary/aromatic N) is 2. The molecule has 0 saturated heterocycles. The van der Waals surface area contributed by atoms with Gasteiger partial charge in [0.15, 0.2) is 5.13 Å². The van der Waals surface area contributed by atoms with E-state index in [-0.39, 0.29) is 5.91 Å². The molecule has 0 saturated carbocycles. The first kappa shape index (κ1) is 13.3. The van der Waals surface area contributed by atoms with Crippen LogP contribution in [0.2, 0.25) is 0 Å². The number of carbonyl (C=O) groups excluding carboxylic acids is 1. The van der Waals surface area contributed by atoms with Gasteiger partial charge in [0.1, 0.15) is 5.69 Å². The summed E-state index contributed by atoms with van der Waals surface area (Å²) >= 11 is 4.68. The predicted molar refractivity (Wildman–Crippen MR) is 74.1 cm³/mol. The van der Waals surface area contributed by atoms with Crippen LogP contribution in [0.4, 0.5) is 5.13 Å². The minimum atomic E-state index is -0.169. The van der Waals surface area contributed by atoms with Crippen molar-refractivity contribution in [2.24, 2.45) is 0 Å². The number of aromatic nitrogens is 2. The van der Waals surface area contributed by atoms with E-state index >= 15 is 0 Å². The Morgan fingerprint density at radius 3 is 3.17 bits per heavy atom. The fraction of sp³-hybridized carbons (Fsp3) is 0.273. The van der Waals surface area contributed by atoms with Crippen LogP contribution in [0.1, 0.15) is 10.5 Å². The molecule has 18 heavy (non-hydrogen) atoms. The Balaban J connectivity index is 2.06. The molecule has 1 N–H and O–H groups in total. The predicted octanol–water partition coefficient (Wildman–Crippen LogP) is 2.61. The Kier molecular flexibility index (Phi) is 4.51. The Morgan fingerprint density at radius 2 is 2.50 bits per heavy atom. The molecule has 0 atom stereocenters. The van der Waals surface area contributed by atoms with Gasteiger partial charge < -0.3 is 9.30 Å². The summed E-state index contributed by atoms with van der Waals surface area (Å²) in [6.07, 6.45) is 3.51. The Morgan fingerprint density at radius 1 is 1.67 bits per heavy atom. The molecule has 0 bridgehead atoms. The number of methoxy groups -OCH3 is 1. The van der Waals surface area contributed by atoms with E-state index in [1.54, 1.807) is 19.4 Å². The molecule has 0 fully saturated rings. The number of thiazole rings is 1. The number of rotatable bonds is 5. The number of amides is 1. The molecule has 2 aromatic heterocycles.